The molecule has 1 N–H and O–H groups in total. The Hall–Kier alpha value is -0.790. The van der Waals surface area contributed by atoms with Crippen molar-refractivity contribution >= 4 is 5.71 Å². The van der Waals surface area contributed by atoms with Crippen LogP contribution in [0, 0.1) is 0 Å². The number of nitrogens with one attached hydrogen (secondary N) is 1. The second kappa shape index (κ2) is 5.03. The predicted molar refractivity (Wildman–Crippen MR) is 46.2 cm³/mol. The van der Waals surface area contributed by atoms with E-state index in [9.17, 15) is 0 Å². The Labute approximate surface area is 63.0 Å². The van der Waals surface area contributed by atoms with E-state index in [1.165, 1.54) is 5.57 Å². The smallest absolute Gasteiger partial charge is 0.0598 e. The third kappa shape index (κ3) is 2.67. The van der Waals surface area contributed by atoms with Crippen molar-refractivity contribution < 1.29 is 0 Å². The first-order valence-corrected chi connectivity index (χ1v) is 3.75. The quantitative estimate of drug-likeness (QED) is 0.546. The lowest BCUT2D eigenvalue weighted by atomic mass is 10.2. The SMILES string of the molecule is CC.CC1=CCNN=C1C. The maximum absolute atomic E-state index is 4.01. The molecule has 0 bridgehead atoms. The highest BCUT2D eigenvalue weighted by Gasteiger charge is 1.96. The Morgan fingerprint density at radius 1 is 1.40 bits per heavy atom. The minimum absolute atomic E-state index is 0.878. The Kier molecular flexibility index (Phi) is 4.63. The first kappa shape index (κ1) is 9.21. The third-order valence-corrected chi connectivity index (χ3v) is 1.32. The van der Waals surface area contributed by atoms with Crippen molar-refractivity contribution in [1.82, 2.24) is 5.43 Å². The summed E-state index contributed by atoms with van der Waals surface area (Å²) in [5.41, 5.74) is 5.25. The van der Waals surface area contributed by atoms with Gasteiger partial charge in [-0.1, -0.05) is 19.9 Å². The van der Waals surface area contributed by atoms with Gasteiger partial charge >= 0.3 is 0 Å². The first-order chi connectivity index (χ1) is 4.80. The Bertz CT molecular complexity index is 127. The lowest BCUT2D eigenvalue weighted by molar-refractivity contribution is 0.808. The van der Waals surface area contributed by atoms with Crippen LogP contribution in [0.25, 0.3) is 0 Å². The van der Waals surface area contributed by atoms with Crippen molar-refractivity contribution in [2.24, 2.45) is 5.10 Å². The van der Waals surface area contributed by atoms with Gasteiger partial charge in [-0.25, -0.2) is 0 Å². The van der Waals surface area contributed by atoms with Gasteiger partial charge in [-0.05, 0) is 19.4 Å². The topological polar surface area (TPSA) is 24.4 Å². The lowest BCUT2D eigenvalue weighted by Crippen LogP contribution is -2.15. The van der Waals surface area contributed by atoms with Gasteiger partial charge in [0.25, 0.3) is 0 Å². The van der Waals surface area contributed by atoms with Gasteiger partial charge in [0.15, 0.2) is 0 Å². The van der Waals surface area contributed by atoms with E-state index in [1.54, 1.807) is 0 Å². The second-order valence-corrected chi connectivity index (χ2v) is 1.95. The molecular formula is C8H16N2. The van der Waals surface area contributed by atoms with Gasteiger partial charge in [0, 0.05) is 0 Å². The molecule has 58 valence electrons. The van der Waals surface area contributed by atoms with Crippen LogP contribution in [-0.2, 0) is 0 Å². The normalized spacial score (nSPS) is 15.6. The minimum atomic E-state index is 0.878. The fourth-order valence-electron chi connectivity index (χ4n) is 0.599. The molecule has 2 heteroatoms. The summed E-state index contributed by atoms with van der Waals surface area (Å²) in [7, 11) is 0. The lowest BCUT2D eigenvalue weighted by Gasteiger charge is -2.06. The van der Waals surface area contributed by atoms with Crippen LogP contribution < -0.4 is 5.43 Å². The van der Waals surface area contributed by atoms with Gasteiger partial charge in [0.2, 0.25) is 0 Å². The Morgan fingerprint density at radius 3 is 2.30 bits per heavy atom. The molecule has 0 aromatic rings. The van der Waals surface area contributed by atoms with E-state index in [0.717, 1.165) is 12.3 Å². The fourth-order valence-corrected chi connectivity index (χ4v) is 0.599. The predicted octanol–water partition coefficient (Wildman–Crippen LogP) is 1.94. The summed E-state index contributed by atoms with van der Waals surface area (Å²) in [6.45, 7) is 8.95. The van der Waals surface area contributed by atoms with Gasteiger partial charge in [-0.2, -0.15) is 5.10 Å². The fraction of sp³-hybridized carbons (Fsp3) is 0.625. The molecule has 0 amide bonds. The molecule has 0 fully saturated rings. The molecule has 0 unspecified atom stereocenters. The van der Waals surface area contributed by atoms with Crippen molar-refractivity contribution in [3.8, 4) is 0 Å². The highest BCUT2D eigenvalue weighted by atomic mass is 15.3. The number of allylic oxidation sites excluding steroid dienone is 1. The van der Waals surface area contributed by atoms with Crippen molar-refractivity contribution in [3.63, 3.8) is 0 Å². The molecule has 0 radical (unpaired) electrons. The molecular weight excluding hydrogens is 124 g/mol. The Morgan fingerprint density at radius 2 is 2.00 bits per heavy atom. The number of hydrogen-bond acceptors (Lipinski definition) is 2. The van der Waals surface area contributed by atoms with E-state index in [4.69, 9.17) is 0 Å². The van der Waals surface area contributed by atoms with Crippen molar-refractivity contribution in [3.05, 3.63) is 11.6 Å². The standard InChI is InChI=1S/C6H10N2.C2H6/c1-5-3-4-7-8-6(5)2;1-2/h3,7H,4H2,1-2H3;1-2H3. The van der Waals surface area contributed by atoms with E-state index < -0.39 is 0 Å². The van der Waals surface area contributed by atoms with Crippen molar-refractivity contribution in [2.75, 3.05) is 6.54 Å². The molecule has 0 aromatic heterocycles. The zero-order chi connectivity index (χ0) is 7.98. The van der Waals surface area contributed by atoms with Crippen LogP contribution in [0.4, 0.5) is 0 Å². The summed E-state index contributed by atoms with van der Waals surface area (Å²) >= 11 is 0. The van der Waals surface area contributed by atoms with E-state index in [-0.39, 0.29) is 0 Å². The summed E-state index contributed by atoms with van der Waals surface area (Å²) in [5, 5.41) is 4.01. The minimum Gasteiger partial charge on any atom is -0.306 e. The monoisotopic (exact) mass is 140 g/mol. The third-order valence-electron chi connectivity index (χ3n) is 1.32. The largest absolute Gasteiger partial charge is 0.306 e. The van der Waals surface area contributed by atoms with Crippen LogP contribution in [0.2, 0.25) is 0 Å². The van der Waals surface area contributed by atoms with E-state index in [2.05, 4.69) is 23.5 Å². The highest BCUT2D eigenvalue weighted by Crippen LogP contribution is 1.97. The van der Waals surface area contributed by atoms with Crippen LogP contribution in [0.15, 0.2) is 16.8 Å². The van der Waals surface area contributed by atoms with Crippen LogP contribution in [0.1, 0.15) is 27.7 Å². The van der Waals surface area contributed by atoms with Crippen molar-refractivity contribution in [1.29, 1.82) is 0 Å². The molecule has 1 heterocycles. The molecule has 0 aliphatic carbocycles. The summed E-state index contributed by atoms with van der Waals surface area (Å²) in [4.78, 5) is 0. The molecule has 1 aliphatic rings. The van der Waals surface area contributed by atoms with Gasteiger partial charge < -0.3 is 5.43 Å². The molecule has 10 heavy (non-hydrogen) atoms. The van der Waals surface area contributed by atoms with Crippen molar-refractivity contribution in [2.45, 2.75) is 27.7 Å². The molecule has 0 atom stereocenters. The maximum Gasteiger partial charge on any atom is 0.0598 e. The first-order valence-electron chi connectivity index (χ1n) is 3.75. The van der Waals surface area contributed by atoms with Crippen LogP contribution in [0.3, 0.4) is 0 Å². The Balaban J connectivity index is 0.000000371. The zero-order valence-corrected chi connectivity index (χ0v) is 7.23. The van der Waals surface area contributed by atoms with Crippen LogP contribution in [0.5, 0.6) is 0 Å². The van der Waals surface area contributed by atoms with E-state index >= 15 is 0 Å². The van der Waals surface area contributed by atoms with Crippen LogP contribution >= 0.6 is 0 Å². The number of nitrogens with zero attached hydrogens (tertiary/aromatic N) is 1. The highest BCUT2D eigenvalue weighted by molar-refractivity contribution is 5.97. The number of hydrazone groups is 1. The molecule has 2 nitrogen and oxygen atoms in total. The number of rotatable bonds is 0. The van der Waals surface area contributed by atoms with Gasteiger partial charge in [-0.15, -0.1) is 0 Å². The molecule has 0 aromatic carbocycles. The molecule has 0 saturated heterocycles. The van der Waals surface area contributed by atoms with Crippen LogP contribution in [-0.4, -0.2) is 12.3 Å². The maximum atomic E-state index is 4.01. The summed E-state index contributed by atoms with van der Waals surface area (Å²) < 4.78 is 0. The number of hydrogen-bond donors (Lipinski definition) is 1. The molecule has 0 saturated carbocycles. The molecule has 1 rings (SSSR count). The van der Waals surface area contributed by atoms with E-state index in [0.29, 0.717) is 0 Å². The average Bonchev–Trinajstić information content (AvgIpc) is 2.00. The van der Waals surface area contributed by atoms with Gasteiger partial charge in [0.1, 0.15) is 0 Å². The zero-order valence-electron chi connectivity index (χ0n) is 7.23. The van der Waals surface area contributed by atoms with Gasteiger partial charge in [0.05, 0.1) is 12.3 Å². The molecule has 0 spiro atoms. The molecule has 1 aliphatic heterocycles. The summed E-state index contributed by atoms with van der Waals surface area (Å²) in [6, 6.07) is 0. The summed E-state index contributed by atoms with van der Waals surface area (Å²) in [5.74, 6) is 0. The second-order valence-electron chi connectivity index (χ2n) is 1.95. The van der Waals surface area contributed by atoms with E-state index in [1.807, 2.05) is 20.8 Å². The summed E-state index contributed by atoms with van der Waals surface area (Å²) in [6.07, 6.45) is 2.13. The average molecular weight is 140 g/mol. The van der Waals surface area contributed by atoms with Gasteiger partial charge in [-0.3, -0.25) is 0 Å².